The Morgan fingerprint density at radius 1 is 1.00 bits per heavy atom. The normalized spacial score (nSPS) is 13.0. The van der Waals surface area contributed by atoms with E-state index in [0.717, 1.165) is 11.1 Å². The summed E-state index contributed by atoms with van der Waals surface area (Å²) < 4.78 is 5.81. The number of esters is 1. The molecule has 0 bridgehead atoms. The maximum absolute atomic E-state index is 12.9. The Balaban J connectivity index is 2.31. The quantitative estimate of drug-likeness (QED) is 0.503. The second-order valence-corrected chi connectivity index (χ2v) is 7.88. The number of hydrogen-bond acceptors (Lipinski definition) is 2. The van der Waals surface area contributed by atoms with Gasteiger partial charge in [-0.1, -0.05) is 76.6 Å². The van der Waals surface area contributed by atoms with Crippen LogP contribution in [0.15, 0.2) is 48.5 Å². The average Bonchev–Trinajstić information content (AvgIpc) is 2.48. The van der Waals surface area contributed by atoms with Crippen molar-refractivity contribution in [2.75, 3.05) is 0 Å². The molecule has 2 aromatic rings. The van der Waals surface area contributed by atoms with Gasteiger partial charge >= 0.3 is 5.97 Å². The molecule has 24 heavy (non-hydrogen) atoms. The van der Waals surface area contributed by atoms with Gasteiger partial charge in [-0.3, -0.25) is 4.79 Å². The maximum Gasteiger partial charge on any atom is 0.319 e. The van der Waals surface area contributed by atoms with Crippen molar-refractivity contribution in [3.63, 3.8) is 0 Å². The minimum atomic E-state index is -0.324. The van der Waals surface area contributed by atoms with Gasteiger partial charge in [0.1, 0.15) is 5.75 Å². The molecule has 0 saturated carbocycles. The van der Waals surface area contributed by atoms with Gasteiger partial charge in [0.25, 0.3) is 0 Å². The van der Waals surface area contributed by atoms with Crippen LogP contribution < -0.4 is 4.74 Å². The lowest BCUT2D eigenvalue weighted by Gasteiger charge is -2.24. The van der Waals surface area contributed by atoms with E-state index < -0.39 is 0 Å². The molecule has 2 aromatic carbocycles. The molecule has 0 fully saturated rings. The van der Waals surface area contributed by atoms with E-state index in [2.05, 4.69) is 20.8 Å². The summed E-state index contributed by atoms with van der Waals surface area (Å²) in [6.45, 7) is 10.4. The molecule has 128 valence electrons. The maximum atomic E-state index is 12.9. The molecular formula is C21H25ClO2. The molecule has 1 atom stereocenters. The first kappa shape index (κ1) is 18.5. The number of rotatable bonds is 4. The van der Waals surface area contributed by atoms with Crippen LogP contribution in [0.3, 0.4) is 0 Å². The fraction of sp³-hybridized carbons (Fsp3) is 0.381. The van der Waals surface area contributed by atoms with Crippen LogP contribution in [0.4, 0.5) is 0 Å². The molecule has 0 radical (unpaired) electrons. The van der Waals surface area contributed by atoms with Crippen molar-refractivity contribution >= 4 is 17.6 Å². The molecule has 0 N–H and O–H groups in total. The third kappa shape index (κ3) is 4.39. The SMILES string of the molecule is CC(C)[C@H](C(=O)Oc1ccccc1C(C)(C)C)c1ccc(Cl)cc1. The average molecular weight is 345 g/mol. The van der Waals surface area contributed by atoms with Gasteiger partial charge in [-0.15, -0.1) is 0 Å². The zero-order valence-electron chi connectivity index (χ0n) is 15.0. The standard InChI is InChI=1S/C21H25ClO2/c1-14(2)19(15-10-12-16(22)13-11-15)20(23)24-18-9-7-6-8-17(18)21(3,4)5/h6-14,19H,1-5H3/t19-/m0/s1. The predicted molar refractivity (Wildman–Crippen MR) is 99.8 cm³/mol. The summed E-state index contributed by atoms with van der Waals surface area (Å²) >= 11 is 5.96. The molecular weight excluding hydrogens is 320 g/mol. The van der Waals surface area contributed by atoms with Crippen molar-refractivity contribution < 1.29 is 9.53 Å². The molecule has 0 unspecified atom stereocenters. The summed E-state index contributed by atoms with van der Waals surface area (Å²) in [5, 5.41) is 0.660. The highest BCUT2D eigenvalue weighted by atomic mass is 35.5. The third-order valence-electron chi connectivity index (χ3n) is 4.06. The Kier molecular flexibility index (Phi) is 5.71. The first-order valence-electron chi connectivity index (χ1n) is 8.27. The number of benzene rings is 2. The minimum Gasteiger partial charge on any atom is -0.426 e. The van der Waals surface area contributed by atoms with E-state index in [1.807, 2.05) is 62.4 Å². The smallest absolute Gasteiger partial charge is 0.319 e. The summed E-state index contributed by atoms with van der Waals surface area (Å²) in [6.07, 6.45) is 0. The number of para-hydroxylation sites is 1. The largest absolute Gasteiger partial charge is 0.426 e. The third-order valence-corrected chi connectivity index (χ3v) is 4.31. The second-order valence-electron chi connectivity index (χ2n) is 7.44. The highest BCUT2D eigenvalue weighted by Crippen LogP contribution is 2.33. The summed E-state index contributed by atoms with van der Waals surface area (Å²) in [5.74, 6) is 0.203. The van der Waals surface area contributed by atoms with Crippen molar-refractivity contribution in [1.29, 1.82) is 0 Å². The molecule has 2 nitrogen and oxygen atoms in total. The number of ether oxygens (including phenoxy) is 1. The van der Waals surface area contributed by atoms with E-state index in [-0.39, 0.29) is 23.2 Å². The van der Waals surface area contributed by atoms with Gasteiger partial charge < -0.3 is 4.74 Å². The van der Waals surface area contributed by atoms with Crippen LogP contribution in [-0.4, -0.2) is 5.97 Å². The topological polar surface area (TPSA) is 26.3 Å². The Morgan fingerprint density at radius 3 is 2.12 bits per heavy atom. The van der Waals surface area contributed by atoms with Crippen LogP contribution in [0.2, 0.25) is 5.02 Å². The lowest BCUT2D eigenvalue weighted by Crippen LogP contribution is -2.24. The van der Waals surface area contributed by atoms with Crippen molar-refractivity contribution in [3.8, 4) is 5.75 Å². The lowest BCUT2D eigenvalue weighted by atomic mass is 9.86. The molecule has 3 heteroatoms. The van der Waals surface area contributed by atoms with Gasteiger partial charge in [-0.05, 0) is 35.1 Å². The molecule has 0 amide bonds. The van der Waals surface area contributed by atoms with E-state index in [0.29, 0.717) is 10.8 Å². The van der Waals surface area contributed by atoms with Crippen molar-refractivity contribution in [3.05, 3.63) is 64.7 Å². The van der Waals surface area contributed by atoms with Crippen molar-refractivity contribution in [2.24, 2.45) is 5.92 Å². The second kappa shape index (κ2) is 7.40. The molecule has 2 rings (SSSR count). The first-order valence-corrected chi connectivity index (χ1v) is 8.64. The van der Waals surface area contributed by atoms with E-state index in [1.165, 1.54) is 0 Å². The van der Waals surface area contributed by atoms with Crippen LogP contribution in [0.1, 0.15) is 51.7 Å². The van der Waals surface area contributed by atoms with Crippen LogP contribution in [0, 0.1) is 5.92 Å². The fourth-order valence-electron chi connectivity index (χ4n) is 2.81. The highest BCUT2D eigenvalue weighted by molar-refractivity contribution is 6.30. The Hall–Kier alpha value is -1.80. The summed E-state index contributed by atoms with van der Waals surface area (Å²) in [7, 11) is 0. The van der Waals surface area contributed by atoms with Gasteiger partial charge in [0, 0.05) is 10.6 Å². The van der Waals surface area contributed by atoms with Gasteiger partial charge in [0.2, 0.25) is 0 Å². The Morgan fingerprint density at radius 2 is 1.58 bits per heavy atom. The van der Waals surface area contributed by atoms with E-state index >= 15 is 0 Å². The van der Waals surface area contributed by atoms with Crippen LogP contribution in [-0.2, 0) is 10.2 Å². The molecule has 0 spiro atoms. The fourth-order valence-corrected chi connectivity index (χ4v) is 2.94. The van der Waals surface area contributed by atoms with Gasteiger partial charge in [0.05, 0.1) is 5.92 Å². The number of halogens is 1. The molecule has 0 saturated heterocycles. The Labute approximate surface area is 149 Å². The number of carbonyl (C=O) groups is 1. The zero-order chi connectivity index (χ0) is 17.9. The molecule has 0 aliphatic rings. The van der Waals surface area contributed by atoms with Gasteiger partial charge in [-0.25, -0.2) is 0 Å². The summed E-state index contributed by atoms with van der Waals surface area (Å²) in [6, 6.07) is 15.1. The first-order chi connectivity index (χ1) is 11.2. The highest BCUT2D eigenvalue weighted by Gasteiger charge is 2.28. The van der Waals surface area contributed by atoms with E-state index in [9.17, 15) is 4.79 Å². The minimum absolute atomic E-state index is 0.0928. The monoisotopic (exact) mass is 344 g/mol. The van der Waals surface area contributed by atoms with Gasteiger partial charge in [0.15, 0.2) is 0 Å². The lowest BCUT2D eigenvalue weighted by molar-refractivity contribution is -0.137. The Bertz CT molecular complexity index is 697. The number of carbonyl (C=O) groups excluding carboxylic acids is 1. The van der Waals surface area contributed by atoms with Crippen molar-refractivity contribution in [2.45, 2.75) is 46.0 Å². The summed E-state index contributed by atoms with van der Waals surface area (Å²) in [4.78, 5) is 12.9. The van der Waals surface area contributed by atoms with Crippen LogP contribution in [0.5, 0.6) is 5.75 Å². The molecule has 0 heterocycles. The van der Waals surface area contributed by atoms with E-state index in [1.54, 1.807) is 0 Å². The van der Waals surface area contributed by atoms with Crippen LogP contribution in [0.25, 0.3) is 0 Å². The zero-order valence-corrected chi connectivity index (χ0v) is 15.7. The van der Waals surface area contributed by atoms with Crippen molar-refractivity contribution in [1.82, 2.24) is 0 Å². The summed E-state index contributed by atoms with van der Waals surface area (Å²) in [5.41, 5.74) is 1.86. The molecule has 0 aromatic heterocycles. The molecule has 0 aliphatic heterocycles. The predicted octanol–water partition coefficient (Wildman–Crippen LogP) is 5.98. The van der Waals surface area contributed by atoms with E-state index in [4.69, 9.17) is 16.3 Å². The molecule has 0 aliphatic carbocycles. The number of hydrogen-bond donors (Lipinski definition) is 0. The van der Waals surface area contributed by atoms with Crippen LogP contribution >= 0.6 is 11.6 Å². The van der Waals surface area contributed by atoms with Gasteiger partial charge in [-0.2, -0.15) is 0 Å².